The molecule has 1 heterocycles. The van der Waals surface area contributed by atoms with E-state index in [1.807, 2.05) is 0 Å². The van der Waals surface area contributed by atoms with Gasteiger partial charge in [0.15, 0.2) is 17.5 Å². The molecule has 0 aliphatic heterocycles. The Hall–Kier alpha value is -3.49. The minimum absolute atomic E-state index is 0.114. The van der Waals surface area contributed by atoms with Crippen LogP contribution >= 0.6 is 0 Å². The van der Waals surface area contributed by atoms with Crippen molar-refractivity contribution in [3.8, 4) is 0 Å². The monoisotopic (exact) mass is 376 g/mol. The third-order valence-corrected chi connectivity index (χ3v) is 3.60. The molecule has 0 spiro atoms. The van der Waals surface area contributed by atoms with Crippen LogP contribution in [0.4, 0.5) is 29.1 Å². The fourth-order valence-electron chi connectivity index (χ4n) is 2.21. The lowest BCUT2D eigenvalue weighted by Gasteiger charge is -2.09. The lowest BCUT2D eigenvalue weighted by atomic mass is 10.2. The molecule has 0 unspecified atom stereocenters. The van der Waals surface area contributed by atoms with E-state index in [0.29, 0.717) is 11.6 Å². The summed E-state index contributed by atoms with van der Waals surface area (Å²) in [5.41, 5.74) is -0.283. The van der Waals surface area contributed by atoms with Gasteiger partial charge in [-0.25, -0.2) is 27.5 Å². The van der Waals surface area contributed by atoms with Crippen LogP contribution in [-0.4, -0.2) is 15.9 Å². The van der Waals surface area contributed by atoms with Gasteiger partial charge in [-0.1, -0.05) is 18.2 Å². The number of nitrogens with one attached hydrogen (secondary N) is 2. The third kappa shape index (κ3) is 4.20. The average molecular weight is 376 g/mol. The molecule has 0 saturated heterocycles. The highest BCUT2D eigenvalue weighted by molar-refractivity contribution is 6.03. The topological polar surface area (TPSA) is 66.9 Å². The molecule has 9 heteroatoms. The molecule has 3 rings (SSSR count). The summed E-state index contributed by atoms with van der Waals surface area (Å²) < 4.78 is 53.4. The smallest absolute Gasteiger partial charge is 0.274 e. The van der Waals surface area contributed by atoms with Crippen LogP contribution in [0, 0.1) is 23.3 Å². The van der Waals surface area contributed by atoms with Crippen molar-refractivity contribution < 1.29 is 22.4 Å². The number of anilines is 2. The molecule has 0 saturated carbocycles. The lowest BCUT2D eigenvalue weighted by molar-refractivity contribution is 0.102. The molecule has 1 aromatic heterocycles. The SMILES string of the molecule is O=C(Nc1ccc(F)c(F)c1F)c1cc(NCc2ccccc2F)ncn1. The number of carbonyl (C=O) groups excluding carboxylic acids is 1. The van der Waals surface area contributed by atoms with Gasteiger partial charge in [-0.05, 0) is 18.2 Å². The molecule has 0 radical (unpaired) electrons. The summed E-state index contributed by atoms with van der Waals surface area (Å²) in [5, 5.41) is 4.94. The van der Waals surface area contributed by atoms with Crippen molar-refractivity contribution in [3.05, 3.63) is 83.3 Å². The first-order valence-corrected chi connectivity index (χ1v) is 7.70. The molecule has 27 heavy (non-hydrogen) atoms. The van der Waals surface area contributed by atoms with Crippen LogP contribution in [0.3, 0.4) is 0 Å². The highest BCUT2D eigenvalue weighted by atomic mass is 19.2. The van der Waals surface area contributed by atoms with E-state index >= 15 is 0 Å². The van der Waals surface area contributed by atoms with Gasteiger partial charge in [0.05, 0.1) is 5.69 Å². The lowest BCUT2D eigenvalue weighted by Crippen LogP contribution is -2.16. The minimum atomic E-state index is -1.69. The number of hydrogen-bond donors (Lipinski definition) is 2. The Kier molecular flexibility index (Phi) is 5.30. The van der Waals surface area contributed by atoms with Crippen molar-refractivity contribution in [2.75, 3.05) is 10.6 Å². The molecule has 2 N–H and O–H groups in total. The van der Waals surface area contributed by atoms with Crippen LogP contribution in [0.5, 0.6) is 0 Å². The van der Waals surface area contributed by atoms with E-state index < -0.39 is 34.9 Å². The molecule has 0 aliphatic rings. The second kappa shape index (κ2) is 7.81. The molecular weight excluding hydrogens is 364 g/mol. The van der Waals surface area contributed by atoms with Crippen molar-refractivity contribution in [2.24, 2.45) is 0 Å². The molecule has 0 fully saturated rings. The number of halogens is 4. The van der Waals surface area contributed by atoms with Gasteiger partial charge < -0.3 is 10.6 Å². The van der Waals surface area contributed by atoms with Crippen molar-refractivity contribution in [1.82, 2.24) is 9.97 Å². The molecular formula is C18H12F4N4O. The molecule has 0 atom stereocenters. The van der Waals surface area contributed by atoms with Gasteiger partial charge in [-0.15, -0.1) is 0 Å². The van der Waals surface area contributed by atoms with E-state index in [1.54, 1.807) is 18.2 Å². The van der Waals surface area contributed by atoms with E-state index in [2.05, 4.69) is 20.6 Å². The van der Waals surface area contributed by atoms with Gasteiger partial charge >= 0.3 is 0 Å². The maximum absolute atomic E-state index is 13.7. The van der Waals surface area contributed by atoms with E-state index in [-0.39, 0.29) is 18.1 Å². The first kappa shape index (κ1) is 18.3. The standard InChI is InChI=1S/C18H12F4N4O/c19-11-4-2-1-3-10(11)8-23-15-7-14(24-9-25-15)18(27)26-13-6-5-12(20)16(21)17(13)22/h1-7,9H,8H2,(H,26,27)(H,23,24,25). The van der Waals surface area contributed by atoms with Crippen molar-refractivity contribution >= 4 is 17.4 Å². The van der Waals surface area contributed by atoms with Gasteiger partial charge in [0.1, 0.15) is 23.7 Å². The number of nitrogens with zero attached hydrogens (tertiary/aromatic N) is 2. The molecule has 138 valence electrons. The van der Waals surface area contributed by atoms with E-state index in [4.69, 9.17) is 0 Å². The first-order chi connectivity index (χ1) is 13.0. The number of amides is 1. The van der Waals surface area contributed by atoms with Gasteiger partial charge in [0.2, 0.25) is 0 Å². The summed E-state index contributed by atoms with van der Waals surface area (Å²) in [5.74, 6) is -5.60. The number of aromatic nitrogens is 2. The van der Waals surface area contributed by atoms with Gasteiger partial charge in [0.25, 0.3) is 5.91 Å². The zero-order valence-electron chi connectivity index (χ0n) is 13.6. The summed E-state index contributed by atoms with van der Waals surface area (Å²) in [6.45, 7) is 0.114. The van der Waals surface area contributed by atoms with Crippen LogP contribution in [0.1, 0.15) is 16.1 Å². The zero-order valence-corrected chi connectivity index (χ0v) is 13.6. The Labute approximate surface area is 151 Å². The largest absolute Gasteiger partial charge is 0.366 e. The van der Waals surface area contributed by atoms with Crippen LogP contribution < -0.4 is 10.6 Å². The molecule has 0 aliphatic carbocycles. The molecule has 1 amide bonds. The van der Waals surface area contributed by atoms with Crippen molar-refractivity contribution in [3.63, 3.8) is 0 Å². The van der Waals surface area contributed by atoms with E-state index in [1.165, 1.54) is 12.1 Å². The fraction of sp³-hybridized carbons (Fsp3) is 0.0556. The van der Waals surface area contributed by atoms with E-state index in [0.717, 1.165) is 12.4 Å². The Morgan fingerprint density at radius 1 is 0.926 bits per heavy atom. The summed E-state index contributed by atoms with van der Waals surface area (Å²) in [4.78, 5) is 19.8. The molecule has 5 nitrogen and oxygen atoms in total. The highest BCUT2D eigenvalue weighted by Gasteiger charge is 2.17. The van der Waals surface area contributed by atoms with Crippen LogP contribution in [0.25, 0.3) is 0 Å². The summed E-state index contributed by atoms with van der Waals surface area (Å²) in [7, 11) is 0. The fourth-order valence-corrected chi connectivity index (χ4v) is 2.21. The second-order valence-corrected chi connectivity index (χ2v) is 5.41. The second-order valence-electron chi connectivity index (χ2n) is 5.41. The summed E-state index contributed by atoms with van der Waals surface area (Å²) >= 11 is 0. The predicted molar refractivity (Wildman–Crippen MR) is 90.0 cm³/mol. The molecule has 2 aromatic carbocycles. The third-order valence-electron chi connectivity index (χ3n) is 3.60. The summed E-state index contributed by atoms with van der Waals surface area (Å²) in [6, 6.07) is 8.97. The van der Waals surface area contributed by atoms with E-state index in [9.17, 15) is 22.4 Å². The number of hydrogen-bond acceptors (Lipinski definition) is 4. The summed E-state index contributed by atoms with van der Waals surface area (Å²) in [6.07, 6.45) is 1.08. The van der Waals surface area contributed by atoms with Crippen LogP contribution in [0.2, 0.25) is 0 Å². The first-order valence-electron chi connectivity index (χ1n) is 7.70. The Morgan fingerprint density at radius 2 is 1.70 bits per heavy atom. The van der Waals surface area contributed by atoms with Gasteiger partial charge in [0, 0.05) is 18.2 Å². The highest BCUT2D eigenvalue weighted by Crippen LogP contribution is 2.20. The average Bonchev–Trinajstić information content (AvgIpc) is 2.68. The van der Waals surface area contributed by atoms with Crippen molar-refractivity contribution in [1.29, 1.82) is 0 Å². The van der Waals surface area contributed by atoms with Crippen molar-refractivity contribution in [2.45, 2.75) is 6.54 Å². The van der Waals surface area contributed by atoms with Crippen LogP contribution in [0.15, 0.2) is 48.8 Å². The normalized spacial score (nSPS) is 10.5. The quantitative estimate of drug-likeness (QED) is 0.524. The number of rotatable bonds is 5. The Morgan fingerprint density at radius 3 is 2.48 bits per heavy atom. The molecule has 3 aromatic rings. The zero-order chi connectivity index (χ0) is 19.4. The Bertz CT molecular complexity index is 997. The number of carbonyl (C=O) groups is 1. The van der Waals surface area contributed by atoms with Gasteiger partial charge in [-0.3, -0.25) is 4.79 Å². The predicted octanol–water partition coefficient (Wildman–Crippen LogP) is 3.90. The molecule has 0 bridgehead atoms. The van der Waals surface area contributed by atoms with Gasteiger partial charge in [-0.2, -0.15) is 0 Å². The Balaban J connectivity index is 1.72. The minimum Gasteiger partial charge on any atom is -0.366 e. The number of benzene rings is 2. The maximum atomic E-state index is 13.7. The van der Waals surface area contributed by atoms with Crippen LogP contribution in [-0.2, 0) is 6.54 Å². The maximum Gasteiger partial charge on any atom is 0.274 e.